The van der Waals surface area contributed by atoms with Crippen LogP contribution in [0, 0.1) is 0 Å². The highest BCUT2D eigenvalue weighted by atomic mass is 35.5. The van der Waals surface area contributed by atoms with E-state index in [2.05, 4.69) is 22.2 Å². The highest BCUT2D eigenvalue weighted by Crippen LogP contribution is 2.30. The van der Waals surface area contributed by atoms with E-state index in [1.54, 1.807) is 19.2 Å². The van der Waals surface area contributed by atoms with E-state index in [1.807, 2.05) is 53.4 Å². The first-order chi connectivity index (χ1) is 14.5. The molecule has 1 amide bonds. The molecule has 0 saturated carbocycles. The number of halogens is 1. The van der Waals surface area contributed by atoms with Gasteiger partial charge in [-0.2, -0.15) is 0 Å². The lowest BCUT2D eigenvalue weighted by molar-refractivity contribution is 0.102. The molecule has 0 aliphatic carbocycles. The van der Waals surface area contributed by atoms with Gasteiger partial charge in [-0.25, -0.2) is 0 Å². The summed E-state index contributed by atoms with van der Waals surface area (Å²) in [6, 6.07) is 15.2. The van der Waals surface area contributed by atoms with Crippen molar-refractivity contribution in [1.29, 1.82) is 0 Å². The van der Waals surface area contributed by atoms with Gasteiger partial charge in [0.15, 0.2) is 0 Å². The van der Waals surface area contributed by atoms with Gasteiger partial charge in [0.25, 0.3) is 5.91 Å². The molecule has 0 bridgehead atoms. The van der Waals surface area contributed by atoms with Crippen LogP contribution in [0.2, 0.25) is 5.02 Å². The van der Waals surface area contributed by atoms with E-state index in [0.29, 0.717) is 16.3 Å². The molecule has 2 aromatic carbocycles. The molecule has 30 heavy (non-hydrogen) atoms. The van der Waals surface area contributed by atoms with Crippen LogP contribution in [0.15, 0.2) is 60.9 Å². The number of carbonyl (C=O) groups excluding carboxylic acids is 1. The van der Waals surface area contributed by atoms with Crippen LogP contribution in [0.3, 0.4) is 0 Å². The summed E-state index contributed by atoms with van der Waals surface area (Å²) < 4.78 is 7.34. The molecule has 1 aromatic heterocycles. The molecule has 4 rings (SSSR count). The minimum Gasteiger partial charge on any atom is -0.496 e. The molecule has 6 nitrogen and oxygen atoms in total. The van der Waals surface area contributed by atoms with E-state index in [4.69, 9.17) is 16.3 Å². The highest BCUT2D eigenvalue weighted by molar-refractivity contribution is 6.33. The van der Waals surface area contributed by atoms with Crippen molar-refractivity contribution in [3.63, 3.8) is 0 Å². The molecule has 1 aliphatic heterocycles. The lowest BCUT2D eigenvalue weighted by atomic mass is 10.1. The number of benzene rings is 2. The molecule has 3 aromatic rings. The molecule has 156 valence electrons. The largest absolute Gasteiger partial charge is 0.496 e. The van der Waals surface area contributed by atoms with Crippen LogP contribution in [-0.4, -0.2) is 55.7 Å². The SMILES string of the molecule is COc1cc(-n2cccc2)c(Cl)cc1C(=O)Nc1ccc(N2CCN(C)CC2)cc1. The maximum atomic E-state index is 12.9. The maximum absolute atomic E-state index is 12.9. The van der Waals surface area contributed by atoms with Crippen LogP contribution >= 0.6 is 11.6 Å². The molecule has 7 heteroatoms. The molecular formula is C23H25ClN4O2. The Kier molecular flexibility index (Phi) is 5.97. The van der Waals surface area contributed by atoms with Crippen molar-refractivity contribution in [3.05, 3.63) is 71.5 Å². The molecule has 0 atom stereocenters. The second-order valence-electron chi connectivity index (χ2n) is 7.39. The van der Waals surface area contributed by atoms with E-state index in [-0.39, 0.29) is 5.91 Å². The van der Waals surface area contributed by atoms with Crippen LogP contribution < -0.4 is 15.0 Å². The molecule has 0 spiro atoms. The first-order valence-corrected chi connectivity index (χ1v) is 10.3. The Morgan fingerprint density at radius 1 is 1.03 bits per heavy atom. The van der Waals surface area contributed by atoms with E-state index in [9.17, 15) is 4.79 Å². The summed E-state index contributed by atoms with van der Waals surface area (Å²) in [6.45, 7) is 4.12. The van der Waals surface area contributed by atoms with Crippen LogP contribution in [0.25, 0.3) is 5.69 Å². The summed E-state index contributed by atoms with van der Waals surface area (Å²) >= 11 is 6.45. The number of carbonyl (C=O) groups is 1. The summed E-state index contributed by atoms with van der Waals surface area (Å²) in [4.78, 5) is 17.6. The van der Waals surface area contributed by atoms with Gasteiger partial charge in [-0.15, -0.1) is 0 Å². The number of amides is 1. The zero-order valence-corrected chi connectivity index (χ0v) is 17.9. The van der Waals surface area contributed by atoms with Gasteiger partial charge < -0.3 is 24.4 Å². The van der Waals surface area contributed by atoms with Crippen molar-refractivity contribution in [2.45, 2.75) is 0 Å². The number of hydrogen-bond donors (Lipinski definition) is 1. The van der Waals surface area contributed by atoms with Crippen LogP contribution in [0.5, 0.6) is 5.75 Å². The third-order valence-corrected chi connectivity index (χ3v) is 5.69. The zero-order valence-electron chi connectivity index (χ0n) is 17.1. The number of piperazine rings is 1. The number of likely N-dealkylation sites (N-methyl/N-ethyl adjacent to an activating group) is 1. The fourth-order valence-electron chi connectivity index (χ4n) is 3.60. The quantitative estimate of drug-likeness (QED) is 0.668. The Bertz CT molecular complexity index is 1010. The first kappa shape index (κ1) is 20.3. The number of anilines is 2. The summed E-state index contributed by atoms with van der Waals surface area (Å²) in [5.74, 6) is 0.204. The molecule has 1 fully saturated rings. The first-order valence-electron chi connectivity index (χ1n) is 9.91. The lowest BCUT2D eigenvalue weighted by Gasteiger charge is -2.34. The van der Waals surface area contributed by atoms with Crippen molar-refractivity contribution < 1.29 is 9.53 Å². The van der Waals surface area contributed by atoms with E-state index in [1.165, 1.54) is 0 Å². The zero-order chi connectivity index (χ0) is 21.1. The van der Waals surface area contributed by atoms with Crippen LogP contribution in [0.4, 0.5) is 11.4 Å². The fraction of sp³-hybridized carbons (Fsp3) is 0.261. The second kappa shape index (κ2) is 8.81. The van der Waals surface area contributed by atoms with Gasteiger partial charge in [0.2, 0.25) is 0 Å². The molecule has 1 aliphatic rings. The number of aromatic nitrogens is 1. The Balaban J connectivity index is 1.50. The Morgan fingerprint density at radius 3 is 2.33 bits per heavy atom. The average molecular weight is 425 g/mol. The normalized spacial score (nSPS) is 14.6. The van der Waals surface area contributed by atoms with Gasteiger partial charge in [0.05, 0.1) is 23.4 Å². The molecule has 2 heterocycles. The standard InChI is InChI=1S/C23H25ClN4O2/c1-26-11-13-27(14-12-26)18-7-5-17(6-8-18)25-23(29)19-15-20(24)21(16-22(19)30-2)28-9-3-4-10-28/h3-10,15-16H,11-14H2,1-2H3,(H,25,29). The number of rotatable bonds is 5. The smallest absolute Gasteiger partial charge is 0.259 e. The molecule has 1 N–H and O–H groups in total. The Hall–Kier alpha value is -2.96. The maximum Gasteiger partial charge on any atom is 0.259 e. The number of hydrogen-bond acceptors (Lipinski definition) is 4. The van der Waals surface area contributed by atoms with Crippen molar-refractivity contribution in [1.82, 2.24) is 9.47 Å². The number of nitrogens with zero attached hydrogens (tertiary/aromatic N) is 3. The van der Waals surface area contributed by atoms with E-state index >= 15 is 0 Å². The van der Waals surface area contributed by atoms with Gasteiger partial charge in [-0.05, 0) is 49.5 Å². The predicted octanol–water partition coefficient (Wildman–Crippen LogP) is 4.14. The third-order valence-electron chi connectivity index (χ3n) is 5.39. The number of nitrogens with one attached hydrogen (secondary N) is 1. The molecular weight excluding hydrogens is 400 g/mol. The lowest BCUT2D eigenvalue weighted by Crippen LogP contribution is -2.44. The van der Waals surface area contributed by atoms with Gasteiger partial charge in [0.1, 0.15) is 5.75 Å². The summed E-state index contributed by atoms with van der Waals surface area (Å²) in [5.41, 5.74) is 3.04. The third kappa shape index (κ3) is 4.30. The fourth-order valence-corrected chi connectivity index (χ4v) is 3.86. The monoisotopic (exact) mass is 424 g/mol. The minimum absolute atomic E-state index is 0.264. The van der Waals surface area contributed by atoms with Crippen molar-refractivity contribution in [2.75, 3.05) is 50.6 Å². The summed E-state index contributed by atoms with van der Waals surface area (Å²) in [6.07, 6.45) is 3.78. The Labute approximate surface area is 181 Å². The highest BCUT2D eigenvalue weighted by Gasteiger charge is 2.18. The van der Waals surface area contributed by atoms with Crippen LogP contribution in [-0.2, 0) is 0 Å². The molecule has 0 radical (unpaired) electrons. The number of ether oxygens (including phenoxy) is 1. The Morgan fingerprint density at radius 2 is 1.70 bits per heavy atom. The summed E-state index contributed by atoms with van der Waals surface area (Å²) in [5, 5.41) is 3.42. The van der Waals surface area contributed by atoms with Gasteiger partial charge in [-0.1, -0.05) is 11.6 Å². The van der Waals surface area contributed by atoms with E-state index in [0.717, 1.165) is 43.2 Å². The van der Waals surface area contributed by atoms with E-state index < -0.39 is 0 Å². The van der Waals surface area contributed by atoms with Crippen molar-refractivity contribution in [3.8, 4) is 11.4 Å². The van der Waals surface area contributed by atoms with Crippen LogP contribution in [0.1, 0.15) is 10.4 Å². The topological polar surface area (TPSA) is 49.7 Å². The van der Waals surface area contributed by atoms with Crippen molar-refractivity contribution >= 4 is 28.9 Å². The van der Waals surface area contributed by atoms with Gasteiger partial charge >= 0.3 is 0 Å². The predicted molar refractivity (Wildman–Crippen MR) is 121 cm³/mol. The molecule has 1 saturated heterocycles. The number of methoxy groups -OCH3 is 1. The average Bonchev–Trinajstić information content (AvgIpc) is 3.29. The second-order valence-corrected chi connectivity index (χ2v) is 7.79. The van der Waals surface area contributed by atoms with Gasteiger partial charge in [-0.3, -0.25) is 4.79 Å². The van der Waals surface area contributed by atoms with Crippen molar-refractivity contribution in [2.24, 2.45) is 0 Å². The minimum atomic E-state index is -0.264. The summed E-state index contributed by atoms with van der Waals surface area (Å²) in [7, 11) is 3.69. The molecule has 0 unspecified atom stereocenters. The van der Waals surface area contributed by atoms with Gasteiger partial charge in [0, 0.05) is 56.0 Å².